The van der Waals surface area contributed by atoms with Crippen molar-refractivity contribution < 1.29 is 4.79 Å². The van der Waals surface area contributed by atoms with E-state index in [2.05, 4.69) is 14.6 Å². The summed E-state index contributed by atoms with van der Waals surface area (Å²) < 4.78 is 1.08. The van der Waals surface area contributed by atoms with Crippen LogP contribution < -0.4 is 15.7 Å². The zero-order valence-electron chi connectivity index (χ0n) is 7.46. The number of hydrogen-bond donors (Lipinski definition) is 2. The molecule has 0 aliphatic heterocycles. The van der Waals surface area contributed by atoms with Crippen LogP contribution in [-0.2, 0) is 0 Å². The van der Waals surface area contributed by atoms with E-state index >= 15 is 0 Å². The van der Waals surface area contributed by atoms with Crippen LogP contribution >= 0.6 is 20.6 Å². The first kappa shape index (κ1) is 10.6. The Morgan fingerprint density at radius 3 is 2.92 bits per heavy atom. The second-order valence-electron chi connectivity index (χ2n) is 2.71. The minimum Gasteiger partial charge on any atom is -0.350 e. The number of nitrogens with two attached hydrogens (primary N) is 1. The van der Waals surface area contributed by atoms with Crippen molar-refractivity contribution in [2.24, 2.45) is 5.73 Å². The van der Waals surface area contributed by atoms with Crippen molar-refractivity contribution in [1.82, 2.24) is 5.32 Å². The number of carbonyl (C=O) groups excluding carboxylic acids is 1. The molecule has 0 aliphatic carbocycles. The van der Waals surface area contributed by atoms with E-state index in [0.717, 1.165) is 15.1 Å². The lowest BCUT2D eigenvalue weighted by Gasteiger charge is -2.01. The van der Waals surface area contributed by atoms with Crippen LogP contribution in [0.3, 0.4) is 0 Å². The molecule has 1 aromatic rings. The maximum Gasteiger partial charge on any atom is 0.261 e. The Kier molecular flexibility index (Phi) is 3.85. The van der Waals surface area contributed by atoms with Crippen molar-refractivity contribution in [1.29, 1.82) is 0 Å². The fourth-order valence-electron chi connectivity index (χ4n) is 0.998. The summed E-state index contributed by atoms with van der Waals surface area (Å²) in [5, 5.41) is 2.74. The SMILES string of the molecule is Cc1cc(P)sc1C(=O)NCCN. The molecule has 13 heavy (non-hydrogen) atoms. The van der Waals surface area contributed by atoms with Gasteiger partial charge in [0.05, 0.1) is 4.88 Å². The number of nitrogens with one attached hydrogen (secondary N) is 1. The second kappa shape index (κ2) is 4.70. The molecule has 0 bridgehead atoms. The van der Waals surface area contributed by atoms with Gasteiger partial charge >= 0.3 is 0 Å². The van der Waals surface area contributed by atoms with Gasteiger partial charge in [0.1, 0.15) is 0 Å². The minimum atomic E-state index is -0.0262. The summed E-state index contributed by atoms with van der Waals surface area (Å²) >= 11 is 1.48. The first-order chi connectivity index (χ1) is 6.15. The van der Waals surface area contributed by atoms with Gasteiger partial charge in [-0.15, -0.1) is 11.3 Å². The number of carbonyl (C=O) groups is 1. The molecule has 1 aromatic heterocycles. The van der Waals surface area contributed by atoms with Gasteiger partial charge in [-0.2, -0.15) is 0 Å². The Bertz CT molecular complexity index is 311. The average molecular weight is 216 g/mol. The van der Waals surface area contributed by atoms with Gasteiger partial charge in [-0.3, -0.25) is 4.79 Å². The van der Waals surface area contributed by atoms with E-state index < -0.39 is 0 Å². The van der Waals surface area contributed by atoms with Crippen LogP contribution in [0.25, 0.3) is 0 Å². The molecule has 3 N–H and O–H groups in total. The molecule has 0 saturated carbocycles. The van der Waals surface area contributed by atoms with Gasteiger partial charge in [0.2, 0.25) is 0 Å². The van der Waals surface area contributed by atoms with Crippen LogP contribution in [0.1, 0.15) is 15.2 Å². The molecular weight excluding hydrogens is 203 g/mol. The fraction of sp³-hybridized carbons (Fsp3) is 0.375. The third-order valence-electron chi connectivity index (χ3n) is 1.57. The Morgan fingerprint density at radius 1 is 1.77 bits per heavy atom. The van der Waals surface area contributed by atoms with Gasteiger partial charge in [-0.1, -0.05) is 9.24 Å². The van der Waals surface area contributed by atoms with Crippen molar-refractivity contribution in [3.63, 3.8) is 0 Å². The van der Waals surface area contributed by atoms with E-state index in [0.29, 0.717) is 13.1 Å². The standard InChI is InChI=1S/C8H13N2OPS/c1-5-4-6(12)13-7(5)8(11)10-3-2-9/h4H,2-3,9,12H2,1H3,(H,10,11). The predicted molar refractivity (Wildman–Crippen MR) is 59.8 cm³/mol. The van der Waals surface area contributed by atoms with Crippen LogP contribution in [0.15, 0.2) is 6.07 Å². The van der Waals surface area contributed by atoms with Crippen LogP contribution in [0.4, 0.5) is 0 Å². The summed E-state index contributed by atoms with van der Waals surface area (Å²) in [6, 6.07) is 1.98. The summed E-state index contributed by atoms with van der Waals surface area (Å²) in [5.74, 6) is -0.0262. The number of rotatable bonds is 3. The lowest BCUT2D eigenvalue weighted by atomic mass is 10.3. The van der Waals surface area contributed by atoms with Crippen LogP contribution in [0.2, 0.25) is 0 Å². The molecule has 3 nitrogen and oxygen atoms in total. The highest BCUT2D eigenvalue weighted by Crippen LogP contribution is 2.15. The molecule has 0 radical (unpaired) electrons. The van der Waals surface area contributed by atoms with E-state index in [9.17, 15) is 4.79 Å². The molecule has 1 amide bonds. The molecule has 5 heteroatoms. The minimum absolute atomic E-state index is 0.0262. The van der Waals surface area contributed by atoms with Crippen molar-refractivity contribution in [3.8, 4) is 0 Å². The van der Waals surface area contributed by atoms with Crippen molar-refractivity contribution in [2.45, 2.75) is 6.92 Å². The van der Waals surface area contributed by atoms with Crippen molar-refractivity contribution in [2.75, 3.05) is 13.1 Å². The van der Waals surface area contributed by atoms with Crippen LogP contribution in [0.5, 0.6) is 0 Å². The topological polar surface area (TPSA) is 55.1 Å². The van der Waals surface area contributed by atoms with Gasteiger partial charge in [0, 0.05) is 17.7 Å². The monoisotopic (exact) mass is 216 g/mol. The van der Waals surface area contributed by atoms with Gasteiger partial charge < -0.3 is 11.1 Å². The van der Waals surface area contributed by atoms with Gasteiger partial charge in [0.15, 0.2) is 0 Å². The fourth-order valence-corrected chi connectivity index (χ4v) is 2.46. The summed E-state index contributed by atoms with van der Waals surface area (Å²) in [5.41, 5.74) is 6.30. The van der Waals surface area contributed by atoms with Crippen LogP contribution in [0, 0.1) is 6.92 Å². The number of hydrogen-bond acceptors (Lipinski definition) is 3. The summed E-state index contributed by atoms with van der Waals surface area (Å²) in [6.07, 6.45) is 0. The molecular formula is C8H13N2OPS. The number of thiophene rings is 1. The second-order valence-corrected chi connectivity index (χ2v) is 4.83. The van der Waals surface area contributed by atoms with Crippen molar-refractivity contribution in [3.05, 3.63) is 16.5 Å². The highest BCUT2D eigenvalue weighted by atomic mass is 32.1. The molecule has 0 saturated heterocycles. The molecule has 1 heterocycles. The lowest BCUT2D eigenvalue weighted by Crippen LogP contribution is -2.28. The Morgan fingerprint density at radius 2 is 2.46 bits per heavy atom. The van der Waals surface area contributed by atoms with E-state index in [1.54, 1.807) is 0 Å². The normalized spacial score (nSPS) is 10.1. The van der Waals surface area contributed by atoms with Gasteiger partial charge in [-0.25, -0.2) is 0 Å². The Balaban J connectivity index is 2.70. The molecule has 0 spiro atoms. The van der Waals surface area contributed by atoms with Crippen LogP contribution in [-0.4, -0.2) is 19.0 Å². The molecule has 1 rings (SSSR count). The average Bonchev–Trinajstić information content (AvgIpc) is 2.41. The molecule has 1 atom stereocenters. The smallest absolute Gasteiger partial charge is 0.261 e. The third-order valence-corrected chi connectivity index (χ3v) is 3.16. The maximum atomic E-state index is 11.5. The molecule has 0 fully saturated rings. The first-order valence-corrected chi connectivity index (χ1v) is 5.38. The van der Waals surface area contributed by atoms with E-state index in [4.69, 9.17) is 5.73 Å². The quantitative estimate of drug-likeness (QED) is 0.711. The maximum absolute atomic E-state index is 11.5. The van der Waals surface area contributed by atoms with Gasteiger partial charge in [-0.05, 0) is 18.6 Å². The first-order valence-electron chi connectivity index (χ1n) is 3.99. The number of amides is 1. The highest BCUT2D eigenvalue weighted by Gasteiger charge is 2.10. The molecule has 0 aromatic carbocycles. The highest BCUT2D eigenvalue weighted by molar-refractivity contribution is 7.43. The predicted octanol–water partition coefficient (Wildman–Crippen LogP) is 0.245. The van der Waals surface area contributed by atoms with Gasteiger partial charge in [0.25, 0.3) is 5.91 Å². The summed E-state index contributed by atoms with van der Waals surface area (Å²) in [4.78, 5) is 12.2. The Hall–Kier alpha value is -0.440. The molecule has 0 aliphatic rings. The third kappa shape index (κ3) is 2.76. The van der Waals surface area contributed by atoms with E-state index in [1.807, 2.05) is 13.0 Å². The Labute approximate surface area is 83.9 Å². The molecule has 72 valence electrons. The van der Waals surface area contributed by atoms with Crippen molar-refractivity contribution >= 4 is 31.1 Å². The zero-order valence-corrected chi connectivity index (χ0v) is 9.43. The zero-order chi connectivity index (χ0) is 9.84. The molecule has 1 unspecified atom stereocenters. The number of aryl methyl sites for hydroxylation is 1. The van der Waals surface area contributed by atoms with E-state index in [1.165, 1.54) is 11.3 Å². The summed E-state index contributed by atoms with van der Waals surface area (Å²) in [7, 11) is 2.59. The van der Waals surface area contributed by atoms with E-state index in [-0.39, 0.29) is 5.91 Å². The summed E-state index contributed by atoms with van der Waals surface area (Å²) in [6.45, 7) is 2.94. The lowest BCUT2D eigenvalue weighted by molar-refractivity contribution is 0.0958. The largest absolute Gasteiger partial charge is 0.350 e.